The molecule has 0 aromatic heterocycles. The molecule has 16 heavy (non-hydrogen) atoms. The van der Waals surface area contributed by atoms with Crippen molar-refractivity contribution in [3.8, 4) is 5.75 Å². The minimum absolute atomic E-state index is 0.0416. The Labute approximate surface area is 100 Å². The van der Waals surface area contributed by atoms with E-state index in [1.807, 2.05) is 6.07 Å². The first-order valence-electron chi connectivity index (χ1n) is 5.04. The van der Waals surface area contributed by atoms with Crippen LogP contribution < -0.4 is 10.1 Å². The number of ether oxygens (including phenoxy) is 2. The first-order valence-corrected chi connectivity index (χ1v) is 5.41. The molecule has 0 aliphatic rings. The highest BCUT2D eigenvalue weighted by atomic mass is 35.5. The number of nitrogens with one attached hydrogen (secondary N) is 1. The predicted molar refractivity (Wildman–Crippen MR) is 64.4 cm³/mol. The Morgan fingerprint density at radius 3 is 2.88 bits per heavy atom. The molecule has 0 saturated carbocycles. The van der Waals surface area contributed by atoms with Gasteiger partial charge in [0.05, 0.1) is 37.6 Å². The van der Waals surface area contributed by atoms with Crippen molar-refractivity contribution in [2.24, 2.45) is 0 Å². The molecule has 2 N–H and O–H groups in total. The normalized spacial score (nSPS) is 10.2. The molecule has 5 heteroatoms. The number of aliphatic hydroxyl groups is 1. The number of halogens is 1. The first-order chi connectivity index (χ1) is 7.77. The highest BCUT2D eigenvalue weighted by molar-refractivity contribution is 6.33. The van der Waals surface area contributed by atoms with Crippen molar-refractivity contribution in [1.29, 1.82) is 0 Å². The molecular weight excluding hydrogens is 230 g/mol. The predicted octanol–water partition coefficient (Wildman–Crippen LogP) is 1.77. The van der Waals surface area contributed by atoms with E-state index >= 15 is 0 Å². The lowest BCUT2D eigenvalue weighted by Gasteiger charge is -2.10. The zero-order chi connectivity index (χ0) is 11.8. The van der Waals surface area contributed by atoms with Gasteiger partial charge in [-0.05, 0) is 12.1 Å². The van der Waals surface area contributed by atoms with Gasteiger partial charge >= 0.3 is 0 Å². The van der Waals surface area contributed by atoms with Gasteiger partial charge in [-0.2, -0.15) is 0 Å². The molecule has 0 amide bonds. The Bertz CT molecular complexity index is 320. The summed E-state index contributed by atoms with van der Waals surface area (Å²) in [6, 6.07) is 5.40. The van der Waals surface area contributed by atoms with Crippen LogP contribution in [0.2, 0.25) is 5.02 Å². The summed E-state index contributed by atoms with van der Waals surface area (Å²) in [5, 5.41) is 12.3. The van der Waals surface area contributed by atoms with Gasteiger partial charge in [-0.3, -0.25) is 0 Å². The monoisotopic (exact) mass is 245 g/mol. The van der Waals surface area contributed by atoms with Gasteiger partial charge in [0, 0.05) is 12.6 Å². The van der Waals surface area contributed by atoms with Gasteiger partial charge in [-0.15, -0.1) is 0 Å². The van der Waals surface area contributed by atoms with Gasteiger partial charge in [0.15, 0.2) is 0 Å². The molecule has 90 valence electrons. The highest BCUT2D eigenvalue weighted by Gasteiger charge is 2.01. The highest BCUT2D eigenvalue weighted by Crippen LogP contribution is 2.26. The molecule has 0 radical (unpaired) electrons. The molecule has 0 unspecified atom stereocenters. The van der Waals surface area contributed by atoms with E-state index in [4.69, 9.17) is 26.2 Å². The Morgan fingerprint density at radius 1 is 1.38 bits per heavy atom. The minimum atomic E-state index is 0.0416. The summed E-state index contributed by atoms with van der Waals surface area (Å²) in [6.07, 6.45) is 0. The summed E-state index contributed by atoms with van der Waals surface area (Å²) in [6.45, 7) is 1.55. The third kappa shape index (κ3) is 4.26. The van der Waals surface area contributed by atoms with Crippen LogP contribution in [-0.4, -0.2) is 38.6 Å². The summed E-state index contributed by atoms with van der Waals surface area (Å²) >= 11 is 5.99. The van der Waals surface area contributed by atoms with E-state index in [9.17, 15) is 0 Å². The van der Waals surface area contributed by atoms with Crippen molar-refractivity contribution in [1.82, 2.24) is 0 Å². The maximum absolute atomic E-state index is 8.51. The van der Waals surface area contributed by atoms with E-state index < -0.39 is 0 Å². The number of aliphatic hydroxyl groups excluding tert-OH is 1. The SMILES string of the molecule is COc1ccc(Cl)c(NCCOCCO)c1. The lowest BCUT2D eigenvalue weighted by Crippen LogP contribution is -2.11. The van der Waals surface area contributed by atoms with Crippen molar-refractivity contribution in [2.75, 3.05) is 38.8 Å². The van der Waals surface area contributed by atoms with E-state index in [2.05, 4.69) is 5.32 Å². The molecule has 1 aromatic rings. The molecule has 0 saturated heterocycles. The van der Waals surface area contributed by atoms with Gasteiger partial charge in [0.1, 0.15) is 5.75 Å². The fraction of sp³-hybridized carbons (Fsp3) is 0.455. The topological polar surface area (TPSA) is 50.7 Å². The van der Waals surface area contributed by atoms with E-state index in [-0.39, 0.29) is 6.61 Å². The molecule has 0 atom stereocenters. The van der Waals surface area contributed by atoms with Crippen LogP contribution >= 0.6 is 11.6 Å². The van der Waals surface area contributed by atoms with Gasteiger partial charge in [0.2, 0.25) is 0 Å². The Hall–Kier alpha value is -0.970. The number of hydrogen-bond acceptors (Lipinski definition) is 4. The molecule has 0 heterocycles. The Morgan fingerprint density at radius 2 is 2.19 bits per heavy atom. The lowest BCUT2D eigenvalue weighted by molar-refractivity contribution is 0.0992. The van der Waals surface area contributed by atoms with Crippen LogP contribution in [0.25, 0.3) is 0 Å². The van der Waals surface area contributed by atoms with Gasteiger partial charge in [0.25, 0.3) is 0 Å². The largest absolute Gasteiger partial charge is 0.497 e. The third-order valence-electron chi connectivity index (χ3n) is 1.97. The maximum atomic E-state index is 8.51. The molecule has 1 aromatic carbocycles. The summed E-state index contributed by atoms with van der Waals surface area (Å²) in [5.41, 5.74) is 0.814. The summed E-state index contributed by atoms with van der Waals surface area (Å²) < 4.78 is 10.2. The van der Waals surface area contributed by atoms with Crippen LogP contribution in [0.1, 0.15) is 0 Å². The van der Waals surface area contributed by atoms with Crippen molar-refractivity contribution in [3.63, 3.8) is 0 Å². The van der Waals surface area contributed by atoms with Crippen LogP contribution in [0.3, 0.4) is 0 Å². The van der Waals surface area contributed by atoms with Crippen molar-refractivity contribution in [3.05, 3.63) is 23.2 Å². The number of benzene rings is 1. The minimum Gasteiger partial charge on any atom is -0.497 e. The zero-order valence-corrected chi connectivity index (χ0v) is 9.96. The fourth-order valence-corrected chi connectivity index (χ4v) is 1.38. The standard InChI is InChI=1S/C11H16ClNO3/c1-15-9-2-3-10(12)11(8-9)13-4-6-16-7-5-14/h2-3,8,13-14H,4-7H2,1H3. The van der Waals surface area contributed by atoms with Gasteiger partial charge in [-0.1, -0.05) is 11.6 Å². The van der Waals surface area contributed by atoms with Crippen LogP contribution in [-0.2, 0) is 4.74 Å². The molecular formula is C11H16ClNO3. The quantitative estimate of drug-likeness (QED) is 0.719. The van der Waals surface area contributed by atoms with Crippen molar-refractivity contribution < 1.29 is 14.6 Å². The average molecular weight is 246 g/mol. The smallest absolute Gasteiger partial charge is 0.121 e. The van der Waals surface area contributed by atoms with E-state index in [1.165, 1.54) is 0 Å². The van der Waals surface area contributed by atoms with Gasteiger partial charge < -0.3 is 19.9 Å². The maximum Gasteiger partial charge on any atom is 0.121 e. The van der Waals surface area contributed by atoms with Crippen molar-refractivity contribution >= 4 is 17.3 Å². The number of methoxy groups -OCH3 is 1. The number of anilines is 1. The molecule has 0 bridgehead atoms. The van der Waals surface area contributed by atoms with Crippen molar-refractivity contribution in [2.45, 2.75) is 0 Å². The summed E-state index contributed by atoms with van der Waals surface area (Å²) in [4.78, 5) is 0. The third-order valence-corrected chi connectivity index (χ3v) is 2.30. The van der Waals surface area contributed by atoms with Crippen LogP contribution in [0, 0.1) is 0 Å². The van der Waals surface area contributed by atoms with E-state index in [0.717, 1.165) is 11.4 Å². The first kappa shape index (κ1) is 13.1. The zero-order valence-electron chi connectivity index (χ0n) is 9.20. The summed E-state index contributed by atoms with van der Waals surface area (Å²) in [5.74, 6) is 0.753. The lowest BCUT2D eigenvalue weighted by atomic mass is 10.3. The Kier molecular flexibility index (Phi) is 6.00. The molecule has 0 fully saturated rings. The molecule has 0 aliphatic carbocycles. The summed E-state index contributed by atoms with van der Waals surface area (Å²) in [7, 11) is 1.61. The van der Waals surface area contributed by atoms with Crippen LogP contribution in [0.15, 0.2) is 18.2 Å². The second-order valence-electron chi connectivity index (χ2n) is 3.11. The van der Waals surface area contributed by atoms with Gasteiger partial charge in [-0.25, -0.2) is 0 Å². The fourth-order valence-electron chi connectivity index (χ4n) is 1.19. The Balaban J connectivity index is 2.40. The second kappa shape index (κ2) is 7.33. The van der Waals surface area contributed by atoms with Crippen LogP contribution in [0.5, 0.6) is 5.75 Å². The average Bonchev–Trinajstić information content (AvgIpc) is 2.31. The molecule has 0 aliphatic heterocycles. The van der Waals surface area contributed by atoms with E-state index in [0.29, 0.717) is 24.8 Å². The second-order valence-corrected chi connectivity index (χ2v) is 3.52. The van der Waals surface area contributed by atoms with Crippen LogP contribution in [0.4, 0.5) is 5.69 Å². The molecule has 1 rings (SSSR count). The molecule has 0 spiro atoms. The molecule has 4 nitrogen and oxygen atoms in total. The van der Waals surface area contributed by atoms with E-state index in [1.54, 1.807) is 19.2 Å². The number of hydrogen-bond donors (Lipinski definition) is 2. The number of rotatable bonds is 7.